The number of hydrogen-bond donors (Lipinski definition) is 1. The third kappa shape index (κ3) is 5.41. The third-order valence-electron chi connectivity index (χ3n) is 3.96. The second kappa shape index (κ2) is 8.99. The smallest absolute Gasteiger partial charge is 0.312 e. The maximum Gasteiger partial charge on any atom is 0.312 e. The van der Waals surface area contributed by atoms with E-state index in [0.717, 1.165) is 10.6 Å². The second-order valence-corrected chi connectivity index (χ2v) is 7.61. The van der Waals surface area contributed by atoms with E-state index in [1.165, 1.54) is 23.8 Å². The molecule has 0 spiro atoms. The van der Waals surface area contributed by atoms with E-state index in [1.807, 2.05) is 36.6 Å². The first-order valence-corrected chi connectivity index (χ1v) is 9.94. The molecular formula is C21H19ClN2O3S. The number of aryl methyl sites for hydroxylation is 1. The molecule has 0 aliphatic carbocycles. The van der Waals surface area contributed by atoms with Gasteiger partial charge in [0.25, 0.3) is 5.91 Å². The van der Waals surface area contributed by atoms with Gasteiger partial charge in [0.05, 0.1) is 12.1 Å². The monoisotopic (exact) mass is 414 g/mol. The molecule has 0 saturated carbocycles. The van der Waals surface area contributed by atoms with Crippen LogP contribution in [-0.2, 0) is 20.7 Å². The number of nitrogens with one attached hydrogen (secondary N) is 1. The van der Waals surface area contributed by atoms with Crippen LogP contribution in [0.1, 0.15) is 18.2 Å². The minimum absolute atomic E-state index is 0.0148. The lowest BCUT2D eigenvalue weighted by Crippen LogP contribution is -2.30. The van der Waals surface area contributed by atoms with Crippen molar-refractivity contribution in [1.29, 1.82) is 0 Å². The molecule has 0 aliphatic heterocycles. The van der Waals surface area contributed by atoms with Gasteiger partial charge in [-0.15, -0.1) is 11.3 Å². The Morgan fingerprint density at radius 2 is 1.82 bits per heavy atom. The number of thiazole rings is 1. The number of esters is 1. The summed E-state index contributed by atoms with van der Waals surface area (Å²) in [4.78, 5) is 28.8. The number of carbonyl (C=O) groups is 2. The van der Waals surface area contributed by atoms with E-state index in [4.69, 9.17) is 16.3 Å². The Bertz CT molecular complexity index is 968. The molecule has 0 fully saturated rings. The van der Waals surface area contributed by atoms with Crippen molar-refractivity contribution in [3.05, 3.63) is 70.2 Å². The van der Waals surface area contributed by atoms with Gasteiger partial charge in [0.1, 0.15) is 5.01 Å². The molecule has 3 aromatic rings. The second-order valence-electron chi connectivity index (χ2n) is 6.32. The van der Waals surface area contributed by atoms with Crippen LogP contribution in [0.3, 0.4) is 0 Å². The van der Waals surface area contributed by atoms with Crippen LogP contribution in [0.25, 0.3) is 10.6 Å². The Kier molecular flexibility index (Phi) is 6.44. The molecule has 0 radical (unpaired) electrons. The fraction of sp³-hybridized carbons (Fsp3) is 0.190. The molecule has 1 N–H and O–H groups in total. The van der Waals surface area contributed by atoms with Gasteiger partial charge in [-0.2, -0.15) is 0 Å². The fourth-order valence-electron chi connectivity index (χ4n) is 2.43. The average Bonchev–Trinajstić information content (AvgIpc) is 3.12. The van der Waals surface area contributed by atoms with Crippen LogP contribution in [0.2, 0.25) is 5.02 Å². The molecule has 1 aromatic heterocycles. The summed E-state index contributed by atoms with van der Waals surface area (Å²) in [6, 6.07) is 14.7. The lowest BCUT2D eigenvalue weighted by molar-refractivity contribution is -0.152. The van der Waals surface area contributed by atoms with Crippen LogP contribution in [0.5, 0.6) is 0 Å². The number of carbonyl (C=O) groups excluding carboxylic acids is 2. The maximum atomic E-state index is 12.2. The minimum Gasteiger partial charge on any atom is -0.452 e. The van der Waals surface area contributed by atoms with Gasteiger partial charge in [0.2, 0.25) is 0 Å². The van der Waals surface area contributed by atoms with E-state index in [-0.39, 0.29) is 6.42 Å². The molecule has 28 heavy (non-hydrogen) atoms. The Balaban J connectivity index is 1.54. The van der Waals surface area contributed by atoms with Crippen molar-refractivity contribution in [2.45, 2.75) is 26.4 Å². The van der Waals surface area contributed by atoms with Crippen LogP contribution in [0, 0.1) is 6.92 Å². The van der Waals surface area contributed by atoms with Gasteiger partial charge in [-0.3, -0.25) is 9.59 Å². The van der Waals surface area contributed by atoms with Crippen LogP contribution in [0.15, 0.2) is 53.9 Å². The van der Waals surface area contributed by atoms with Crippen LogP contribution in [-0.4, -0.2) is 23.0 Å². The predicted octanol–water partition coefficient (Wildman–Crippen LogP) is 4.88. The van der Waals surface area contributed by atoms with Crippen molar-refractivity contribution < 1.29 is 14.3 Å². The lowest BCUT2D eigenvalue weighted by Gasteiger charge is -2.13. The number of benzene rings is 2. The summed E-state index contributed by atoms with van der Waals surface area (Å²) in [5.74, 6) is -0.909. The number of anilines is 1. The summed E-state index contributed by atoms with van der Waals surface area (Å²) in [5.41, 5.74) is 3.39. The highest BCUT2D eigenvalue weighted by Gasteiger charge is 2.19. The molecular weight excluding hydrogens is 396 g/mol. The normalized spacial score (nSPS) is 11.7. The molecule has 0 aliphatic rings. The SMILES string of the molecule is Cc1ccc(-c2nc(CC(=O)O[C@@H](C)C(=O)Nc3ccc(Cl)cc3)cs2)cc1. The number of aromatic nitrogens is 1. The largest absolute Gasteiger partial charge is 0.452 e. The number of halogens is 1. The Morgan fingerprint density at radius 3 is 2.50 bits per heavy atom. The number of nitrogens with zero attached hydrogens (tertiary/aromatic N) is 1. The summed E-state index contributed by atoms with van der Waals surface area (Å²) in [6.45, 7) is 3.55. The van der Waals surface area contributed by atoms with Gasteiger partial charge >= 0.3 is 5.97 Å². The van der Waals surface area contributed by atoms with E-state index in [0.29, 0.717) is 16.4 Å². The molecule has 1 heterocycles. The molecule has 0 saturated heterocycles. The highest BCUT2D eigenvalue weighted by Crippen LogP contribution is 2.24. The summed E-state index contributed by atoms with van der Waals surface area (Å²) in [5, 5.41) is 5.93. The number of hydrogen-bond acceptors (Lipinski definition) is 5. The fourth-order valence-corrected chi connectivity index (χ4v) is 3.39. The molecule has 2 aromatic carbocycles. The van der Waals surface area contributed by atoms with E-state index in [2.05, 4.69) is 10.3 Å². The zero-order chi connectivity index (χ0) is 20.1. The average molecular weight is 415 g/mol. The van der Waals surface area contributed by atoms with Gasteiger partial charge in [-0.1, -0.05) is 41.4 Å². The quantitative estimate of drug-likeness (QED) is 0.583. The summed E-state index contributed by atoms with van der Waals surface area (Å²) in [7, 11) is 0. The first-order valence-electron chi connectivity index (χ1n) is 8.68. The number of amides is 1. The maximum absolute atomic E-state index is 12.2. The van der Waals surface area contributed by atoms with Gasteiger partial charge in [-0.05, 0) is 38.1 Å². The number of ether oxygens (including phenoxy) is 1. The van der Waals surface area contributed by atoms with Crippen LogP contribution >= 0.6 is 22.9 Å². The van der Waals surface area contributed by atoms with Gasteiger partial charge < -0.3 is 10.1 Å². The van der Waals surface area contributed by atoms with Crippen molar-refractivity contribution in [3.8, 4) is 10.6 Å². The molecule has 0 unspecified atom stereocenters. The Labute approximate surface area is 172 Å². The molecule has 5 nitrogen and oxygen atoms in total. The highest BCUT2D eigenvalue weighted by atomic mass is 35.5. The van der Waals surface area contributed by atoms with Crippen LogP contribution < -0.4 is 5.32 Å². The third-order valence-corrected chi connectivity index (χ3v) is 5.16. The Morgan fingerprint density at radius 1 is 1.14 bits per heavy atom. The predicted molar refractivity (Wildman–Crippen MR) is 112 cm³/mol. The van der Waals surface area contributed by atoms with Gasteiger partial charge in [-0.25, -0.2) is 4.98 Å². The summed E-state index contributed by atoms with van der Waals surface area (Å²) >= 11 is 7.29. The van der Waals surface area contributed by atoms with Crippen molar-refractivity contribution in [1.82, 2.24) is 4.98 Å². The van der Waals surface area contributed by atoms with E-state index in [1.54, 1.807) is 24.3 Å². The molecule has 1 amide bonds. The standard InChI is InChI=1S/C21H19ClN2O3S/c1-13-3-5-15(6-4-13)21-24-18(12-28-21)11-19(25)27-14(2)20(26)23-17-9-7-16(22)8-10-17/h3-10,12,14H,11H2,1-2H3,(H,23,26)/t14-/m0/s1. The van der Waals surface area contributed by atoms with E-state index >= 15 is 0 Å². The minimum atomic E-state index is -0.918. The van der Waals surface area contributed by atoms with Gasteiger partial charge in [0, 0.05) is 21.7 Å². The lowest BCUT2D eigenvalue weighted by atomic mass is 10.2. The zero-order valence-corrected chi connectivity index (χ0v) is 17.0. The number of rotatable bonds is 6. The van der Waals surface area contributed by atoms with Crippen molar-refractivity contribution in [2.75, 3.05) is 5.32 Å². The zero-order valence-electron chi connectivity index (χ0n) is 15.4. The van der Waals surface area contributed by atoms with Crippen molar-refractivity contribution in [3.63, 3.8) is 0 Å². The first-order chi connectivity index (χ1) is 13.4. The first kappa shape index (κ1) is 20.0. The highest BCUT2D eigenvalue weighted by molar-refractivity contribution is 7.13. The Hall–Kier alpha value is -2.70. The topological polar surface area (TPSA) is 68.3 Å². The van der Waals surface area contributed by atoms with Gasteiger partial charge in [0.15, 0.2) is 6.10 Å². The van der Waals surface area contributed by atoms with E-state index < -0.39 is 18.0 Å². The summed E-state index contributed by atoms with van der Waals surface area (Å²) in [6.07, 6.45) is -0.903. The molecule has 144 valence electrons. The van der Waals surface area contributed by atoms with Crippen molar-refractivity contribution in [2.24, 2.45) is 0 Å². The van der Waals surface area contributed by atoms with E-state index in [9.17, 15) is 9.59 Å². The molecule has 0 bridgehead atoms. The molecule has 3 rings (SSSR count). The van der Waals surface area contributed by atoms with Crippen molar-refractivity contribution >= 4 is 40.5 Å². The summed E-state index contributed by atoms with van der Waals surface area (Å²) < 4.78 is 5.23. The molecule has 7 heteroatoms. The molecule has 1 atom stereocenters. The van der Waals surface area contributed by atoms with Crippen LogP contribution in [0.4, 0.5) is 5.69 Å².